The van der Waals surface area contributed by atoms with Crippen LogP contribution < -0.4 is 4.90 Å². The second kappa shape index (κ2) is 5.94. The van der Waals surface area contributed by atoms with Crippen LogP contribution in [0.2, 0.25) is 0 Å². The Morgan fingerprint density at radius 3 is 2.68 bits per heavy atom. The van der Waals surface area contributed by atoms with Crippen LogP contribution in [0.3, 0.4) is 0 Å². The second-order valence-electron chi connectivity index (χ2n) is 6.03. The van der Waals surface area contributed by atoms with Crippen molar-refractivity contribution >= 4 is 17.8 Å². The van der Waals surface area contributed by atoms with Gasteiger partial charge < -0.3 is 9.64 Å². The molecule has 0 N–H and O–H groups in total. The molecule has 22 heavy (non-hydrogen) atoms. The minimum absolute atomic E-state index is 0.100. The van der Waals surface area contributed by atoms with Crippen molar-refractivity contribution in [2.24, 2.45) is 0 Å². The van der Waals surface area contributed by atoms with Crippen molar-refractivity contribution in [1.82, 2.24) is 9.88 Å². The maximum Gasteiger partial charge on any atom is 0.415 e. The van der Waals surface area contributed by atoms with E-state index < -0.39 is 0 Å². The Hall–Kier alpha value is -2.11. The van der Waals surface area contributed by atoms with Crippen molar-refractivity contribution in [3.8, 4) is 0 Å². The van der Waals surface area contributed by atoms with E-state index in [1.807, 2.05) is 24.0 Å². The van der Waals surface area contributed by atoms with E-state index >= 15 is 0 Å². The minimum atomic E-state index is -0.330. The van der Waals surface area contributed by atoms with Gasteiger partial charge in [-0.05, 0) is 43.4 Å². The van der Waals surface area contributed by atoms with Gasteiger partial charge in [0.05, 0.1) is 6.54 Å². The van der Waals surface area contributed by atoms with Crippen molar-refractivity contribution in [3.63, 3.8) is 0 Å². The molecule has 2 fully saturated rings. The van der Waals surface area contributed by atoms with Gasteiger partial charge in [0, 0.05) is 26.2 Å². The number of rotatable bonds is 2. The number of carbonyl (C=O) groups is 2. The molecule has 0 aliphatic carbocycles. The van der Waals surface area contributed by atoms with Gasteiger partial charge in [-0.2, -0.15) is 0 Å². The minimum Gasteiger partial charge on any atom is -0.444 e. The largest absolute Gasteiger partial charge is 0.444 e. The van der Waals surface area contributed by atoms with Crippen LogP contribution in [-0.4, -0.2) is 47.6 Å². The standard InChI is InChI=1S/C16H21N3O3/c1-11-10-19(16(21)22-11)15-9-14(3-6-17-15)13-4-7-18(8-5-13)12(2)20/h3,6,9,11,13H,4-5,7-8,10H2,1-2H3. The fourth-order valence-electron chi connectivity index (χ4n) is 3.16. The molecule has 6 nitrogen and oxygen atoms in total. The third-order valence-corrected chi connectivity index (χ3v) is 4.42. The normalized spacial score (nSPS) is 22.8. The Labute approximate surface area is 130 Å². The summed E-state index contributed by atoms with van der Waals surface area (Å²) in [7, 11) is 0. The number of ether oxygens (including phenoxy) is 1. The van der Waals surface area contributed by atoms with Gasteiger partial charge in [0.1, 0.15) is 11.9 Å². The summed E-state index contributed by atoms with van der Waals surface area (Å²) < 4.78 is 5.16. The van der Waals surface area contributed by atoms with Gasteiger partial charge in [-0.1, -0.05) is 0 Å². The van der Waals surface area contributed by atoms with Crippen molar-refractivity contribution in [1.29, 1.82) is 0 Å². The number of amides is 2. The van der Waals surface area contributed by atoms with E-state index in [0.717, 1.165) is 25.9 Å². The third-order valence-electron chi connectivity index (χ3n) is 4.42. The molecule has 2 saturated heterocycles. The molecule has 0 aromatic carbocycles. The molecule has 0 spiro atoms. The SMILES string of the molecule is CC(=O)N1CCC(c2ccnc(N3CC(C)OC3=O)c2)CC1. The summed E-state index contributed by atoms with van der Waals surface area (Å²) >= 11 is 0. The number of pyridine rings is 1. The average molecular weight is 303 g/mol. The number of cyclic esters (lactones) is 1. The van der Waals surface area contributed by atoms with Crippen LogP contribution in [-0.2, 0) is 9.53 Å². The van der Waals surface area contributed by atoms with E-state index in [-0.39, 0.29) is 18.1 Å². The molecule has 2 aliphatic heterocycles. The number of hydrogen-bond donors (Lipinski definition) is 0. The average Bonchev–Trinajstić information content (AvgIpc) is 2.86. The lowest BCUT2D eigenvalue weighted by Crippen LogP contribution is -2.36. The van der Waals surface area contributed by atoms with Crippen LogP contribution in [0.1, 0.15) is 38.2 Å². The van der Waals surface area contributed by atoms with Gasteiger partial charge in [0.25, 0.3) is 0 Å². The van der Waals surface area contributed by atoms with E-state index in [1.54, 1.807) is 18.0 Å². The number of hydrogen-bond acceptors (Lipinski definition) is 4. The van der Waals surface area contributed by atoms with E-state index in [9.17, 15) is 9.59 Å². The summed E-state index contributed by atoms with van der Waals surface area (Å²) in [4.78, 5) is 31.0. The van der Waals surface area contributed by atoms with Gasteiger partial charge >= 0.3 is 6.09 Å². The molecule has 0 saturated carbocycles. The van der Waals surface area contributed by atoms with Crippen LogP contribution in [0, 0.1) is 0 Å². The van der Waals surface area contributed by atoms with Crippen LogP contribution in [0.15, 0.2) is 18.3 Å². The highest BCUT2D eigenvalue weighted by atomic mass is 16.6. The van der Waals surface area contributed by atoms with E-state index in [1.165, 1.54) is 5.56 Å². The predicted octanol–water partition coefficient (Wildman–Crippen LogP) is 2.15. The molecule has 2 aliphatic rings. The number of anilines is 1. The van der Waals surface area contributed by atoms with Crippen LogP contribution in [0.5, 0.6) is 0 Å². The molecule has 3 rings (SSSR count). The summed E-state index contributed by atoms with van der Waals surface area (Å²) in [5.74, 6) is 1.21. The lowest BCUT2D eigenvalue weighted by atomic mass is 9.90. The van der Waals surface area contributed by atoms with Gasteiger partial charge in [-0.3, -0.25) is 9.69 Å². The topological polar surface area (TPSA) is 62.7 Å². The molecule has 1 atom stereocenters. The fraction of sp³-hybridized carbons (Fsp3) is 0.562. The van der Waals surface area contributed by atoms with Crippen molar-refractivity contribution in [3.05, 3.63) is 23.9 Å². The smallest absolute Gasteiger partial charge is 0.415 e. The van der Waals surface area contributed by atoms with Crippen molar-refractivity contribution < 1.29 is 14.3 Å². The first-order valence-electron chi connectivity index (χ1n) is 7.74. The molecule has 118 valence electrons. The lowest BCUT2D eigenvalue weighted by Gasteiger charge is -2.31. The second-order valence-corrected chi connectivity index (χ2v) is 6.03. The molecule has 6 heteroatoms. The highest BCUT2D eigenvalue weighted by Crippen LogP contribution is 2.30. The number of likely N-dealkylation sites (tertiary alicyclic amines) is 1. The molecule has 3 heterocycles. The summed E-state index contributed by atoms with van der Waals surface area (Å²) in [6.07, 6.45) is 3.21. The highest BCUT2D eigenvalue weighted by Gasteiger charge is 2.31. The molecule has 1 aromatic heterocycles. The quantitative estimate of drug-likeness (QED) is 0.840. The van der Waals surface area contributed by atoms with Gasteiger partial charge in [0.15, 0.2) is 0 Å². The van der Waals surface area contributed by atoms with E-state index in [4.69, 9.17) is 4.74 Å². The van der Waals surface area contributed by atoms with E-state index in [0.29, 0.717) is 18.3 Å². The molecule has 1 aromatic rings. The van der Waals surface area contributed by atoms with Crippen LogP contribution >= 0.6 is 0 Å². The molecule has 1 unspecified atom stereocenters. The van der Waals surface area contributed by atoms with Gasteiger partial charge in [-0.15, -0.1) is 0 Å². The van der Waals surface area contributed by atoms with Crippen molar-refractivity contribution in [2.75, 3.05) is 24.5 Å². The zero-order valence-corrected chi connectivity index (χ0v) is 13.0. The molecule has 0 radical (unpaired) electrons. The Bertz CT molecular complexity index is 582. The van der Waals surface area contributed by atoms with E-state index in [2.05, 4.69) is 4.98 Å². The molecular weight excluding hydrogens is 282 g/mol. The first-order valence-corrected chi connectivity index (χ1v) is 7.74. The fourth-order valence-corrected chi connectivity index (χ4v) is 3.16. The number of piperidine rings is 1. The number of carbonyl (C=O) groups excluding carboxylic acids is 2. The summed E-state index contributed by atoms with van der Waals surface area (Å²) in [6, 6.07) is 3.98. The highest BCUT2D eigenvalue weighted by molar-refractivity contribution is 5.88. The van der Waals surface area contributed by atoms with Crippen LogP contribution in [0.25, 0.3) is 0 Å². The Morgan fingerprint density at radius 2 is 2.09 bits per heavy atom. The monoisotopic (exact) mass is 303 g/mol. The Kier molecular flexibility index (Phi) is 4.00. The molecular formula is C16H21N3O3. The van der Waals surface area contributed by atoms with Gasteiger partial charge in [0.2, 0.25) is 5.91 Å². The first-order chi connectivity index (χ1) is 10.5. The van der Waals surface area contributed by atoms with Gasteiger partial charge in [-0.25, -0.2) is 9.78 Å². The summed E-state index contributed by atoms with van der Waals surface area (Å²) in [5, 5.41) is 0. The summed E-state index contributed by atoms with van der Waals surface area (Å²) in [5.41, 5.74) is 1.18. The van der Waals surface area contributed by atoms with Crippen LogP contribution in [0.4, 0.5) is 10.6 Å². The Balaban J connectivity index is 1.72. The summed E-state index contributed by atoms with van der Waals surface area (Å²) in [6.45, 7) is 5.61. The maximum absolute atomic E-state index is 11.8. The Morgan fingerprint density at radius 1 is 1.36 bits per heavy atom. The zero-order valence-electron chi connectivity index (χ0n) is 13.0. The zero-order chi connectivity index (χ0) is 15.7. The maximum atomic E-state index is 11.8. The molecule has 0 bridgehead atoms. The number of nitrogens with zero attached hydrogens (tertiary/aromatic N) is 3. The number of aromatic nitrogens is 1. The lowest BCUT2D eigenvalue weighted by molar-refractivity contribution is -0.129. The molecule has 2 amide bonds. The predicted molar refractivity (Wildman–Crippen MR) is 81.8 cm³/mol. The van der Waals surface area contributed by atoms with Crippen molar-refractivity contribution in [2.45, 2.75) is 38.7 Å². The first kappa shape index (κ1) is 14.8. The third kappa shape index (κ3) is 2.91.